The molecule has 1 aliphatic rings. The van der Waals surface area contributed by atoms with Gasteiger partial charge in [-0.3, -0.25) is 0 Å². The van der Waals surface area contributed by atoms with Crippen molar-refractivity contribution in [3.63, 3.8) is 0 Å². The number of aliphatic hydroxyl groups excluding tert-OH is 1. The van der Waals surface area contributed by atoms with Crippen molar-refractivity contribution in [2.45, 2.75) is 31.8 Å². The van der Waals surface area contributed by atoms with Gasteiger partial charge < -0.3 is 15.6 Å². The van der Waals surface area contributed by atoms with E-state index in [1.165, 1.54) is 11.1 Å². The molecule has 1 aromatic carbocycles. The Bertz CT molecular complexity index is 375. The summed E-state index contributed by atoms with van der Waals surface area (Å²) >= 11 is 0. The SMILES string of the molecule is Cc1ccccc1C(CN)C(O)C1CCOCC1. The molecule has 0 spiro atoms. The third-order valence-electron chi connectivity index (χ3n) is 4.00. The van der Waals surface area contributed by atoms with Gasteiger partial charge in [0.1, 0.15) is 0 Å². The van der Waals surface area contributed by atoms with Gasteiger partial charge in [0.25, 0.3) is 0 Å². The van der Waals surface area contributed by atoms with Crippen LogP contribution in [0.4, 0.5) is 0 Å². The molecule has 0 bridgehead atoms. The number of benzene rings is 1. The Labute approximate surface area is 109 Å². The zero-order chi connectivity index (χ0) is 13.0. The quantitative estimate of drug-likeness (QED) is 0.856. The lowest BCUT2D eigenvalue weighted by Gasteiger charge is -2.32. The Hall–Kier alpha value is -0.900. The first-order chi connectivity index (χ1) is 8.74. The highest BCUT2D eigenvalue weighted by atomic mass is 16.5. The molecular formula is C15H23NO2. The second kappa shape index (κ2) is 6.32. The number of aryl methyl sites for hydroxylation is 1. The van der Waals surface area contributed by atoms with Crippen molar-refractivity contribution in [1.82, 2.24) is 0 Å². The van der Waals surface area contributed by atoms with Crippen molar-refractivity contribution in [1.29, 1.82) is 0 Å². The summed E-state index contributed by atoms with van der Waals surface area (Å²) in [5.41, 5.74) is 8.28. The van der Waals surface area contributed by atoms with Crippen LogP contribution in [-0.2, 0) is 4.74 Å². The molecule has 2 unspecified atom stereocenters. The van der Waals surface area contributed by atoms with Crippen molar-refractivity contribution >= 4 is 0 Å². The van der Waals surface area contributed by atoms with E-state index >= 15 is 0 Å². The van der Waals surface area contributed by atoms with Gasteiger partial charge in [-0.2, -0.15) is 0 Å². The van der Waals surface area contributed by atoms with Crippen LogP contribution in [-0.4, -0.2) is 31.0 Å². The molecule has 3 heteroatoms. The van der Waals surface area contributed by atoms with Crippen molar-refractivity contribution in [3.8, 4) is 0 Å². The average Bonchev–Trinajstić information content (AvgIpc) is 2.42. The second-order valence-electron chi connectivity index (χ2n) is 5.14. The molecule has 1 aliphatic heterocycles. The number of hydrogen-bond acceptors (Lipinski definition) is 3. The number of rotatable bonds is 4. The molecule has 1 saturated heterocycles. The van der Waals surface area contributed by atoms with Gasteiger partial charge >= 0.3 is 0 Å². The van der Waals surface area contributed by atoms with E-state index in [1.54, 1.807) is 0 Å². The lowest BCUT2D eigenvalue weighted by Crippen LogP contribution is -2.35. The first kappa shape index (κ1) is 13.5. The number of ether oxygens (including phenoxy) is 1. The van der Waals surface area contributed by atoms with Crippen molar-refractivity contribution in [2.75, 3.05) is 19.8 Å². The van der Waals surface area contributed by atoms with Gasteiger partial charge in [0.2, 0.25) is 0 Å². The molecule has 0 amide bonds. The molecular weight excluding hydrogens is 226 g/mol. The lowest BCUT2D eigenvalue weighted by molar-refractivity contribution is -0.00201. The highest BCUT2D eigenvalue weighted by Gasteiger charge is 2.29. The summed E-state index contributed by atoms with van der Waals surface area (Å²) in [5.74, 6) is 0.348. The fraction of sp³-hybridized carbons (Fsp3) is 0.600. The Morgan fingerprint density at radius 1 is 1.33 bits per heavy atom. The molecule has 0 saturated carbocycles. The summed E-state index contributed by atoms with van der Waals surface area (Å²) in [5, 5.41) is 10.6. The summed E-state index contributed by atoms with van der Waals surface area (Å²) in [7, 11) is 0. The van der Waals surface area contributed by atoms with Crippen LogP contribution in [0.15, 0.2) is 24.3 Å². The van der Waals surface area contributed by atoms with Crippen LogP contribution in [0, 0.1) is 12.8 Å². The fourth-order valence-electron chi connectivity index (χ4n) is 2.84. The topological polar surface area (TPSA) is 55.5 Å². The largest absolute Gasteiger partial charge is 0.392 e. The van der Waals surface area contributed by atoms with Gasteiger partial charge in [-0.1, -0.05) is 24.3 Å². The fourth-order valence-corrected chi connectivity index (χ4v) is 2.84. The minimum atomic E-state index is -0.361. The van der Waals surface area contributed by atoms with Gasteiger partial charge in [0.15, 0.2) is 0 Å². The molecule has 0 aliphatic carbocycles. The molecule has 1 heterocycles. The van der Waals surface area contributed by atoms with Crippen LogP contribution in [0.1, 0.15) is 29.9 Å². The highest BCUT2D eigenvalue weighted by molar-refractivity contribution is 5.30. The van der Waals surface area contributed by atoms with Crippen LogP contribution in [0.3, 0.4) is 0 Å². The third-order valence-corrected chi connectivity index (χ3v) is 4.00. The van der Waals surface area contributed by atoms with Crippen LogP contribution in [0.2, 0.25) is 0 Å². The predicted molar refractivity (Wildman–Crippen MR) is 72.5 cm³/mol. The van der Waals surface area contributed by atoms with Crippen LogP contribution >= 0.6 is 0 Å². The average molecular weight is 249 g/mol. The standard InChI is InChI=1S/C15H23NO2/c1-11-4-2-3-5-13(11)14(10-16)15(17)12-6-8-18-9-7-12/h2-5,12,14-15,17H,6-10,16H2,1H3. The molecule has 0 radical (unpaired) electrons. The van der Waals surface area contributed by atoms with Gasteiger partial charge in [-0.05, 0) is 36.8 Å². The molecule has 0 aromatic heterocycles. The number of hydrogen-bond donors (Lipinski definition) is 2. The molecule has 100 valence electrons. The second-order valence-corrected chi connectivity index (χ2v) is 5.14. The van der Waals surface area contributed by atoms with E-state index in [0.29, 0.717) is 12.5 Å². The van der Waals surface area contributed by atoms with E-state index in [1.807, 2.05) is 12.1 Å². The Kier molecular flexibility index (Phi) is 4.75. The summed E-state index contributed by atoms with van der Waals surface area (Å²) < 4.78 is 5.35. The van der Waals surface area contributed by atoms with Gasteiger partial charge in [0.05, 0.1) is 6.10 Å². The summed E-state index contributed by atoms with van der Waals surface area (Å²) in [6, 6.07) is 8.19. The van der Waals surface area contributed by atoms with Crippen LogP contribution < -0.4 is 5.73 Å². The Morgan fingerprint density at radius 2 is 2.00 bits per heavy atom. The van der Waals surface area contributed by atoms with E-state index in [0.717, 1.165) is 26.1 Å². The highest BCUT2D eigenvalue weighted by Crippen LogP contribution is 2.30. The minimum Gasteiger partial charge on any atom is -0.392 e. The van der Waals surface area contributed by atoms with E-state index in [4.69, 9.17) is 10.5 Å². The van der Waals surface area contributed by atoms with Crippen LogP contribution in [0.5, 0.6) is 0 Å². The predicted octanol–water partition coefficient (Wildman–Crippen LogP) is 1.82. The van der Waals surface area contributed by atoms with E-state index < -0.39 is 0 Å². The first-order valence-corrected chi connectivity index (χ1v) is 6.75. The Morgan fingerprint density at radius 3 is 2.61 bits per heavy atom. The zero-order valence-electron chi connectivity index (χ0n) is 11.0. The normalized spacial score (nSPS) is 20.6. The molecule has 3 nitrogen and oxygen atoms in total. The van der Waals surface area contributed by atoms with Gasteiger partial charge in [0, 0.05) is 25.7 Å². The van der Waals surface area contributed by atoms with E-state index in [2.05, 4.69) is 19.1 Å². The van der Waals surface area contributed by atoms with Gasteiger partial charge in [-0.15, -0.1) is 0 Å². The smallest absolute Gasteiger partial charge is 0.0650 e. The van der Waals surface area contributed by atoms with Crippen molar-refractivity contribution in [3.05, 3.63) is 35.4 Å². The molecule has 3 N–H and O–H groups in total. The molecule has 18 heavy (non-hydrogen) atoms. The van der Waals surface area contributed by atoms with Gasteiger partial charge in [-0.25, -0.2) is 0 Å². The van der Waals surface area contributed by atoms with Crippen molar-refractivity contribution < 1.29 is 9.84 Å². The van der Waals surface area contributed by atoms with Crippen LogP contribution in [0.25, 0.3) is 0 Å². The zero-order valence-corrected chi connectivity index (χ0v) is 11.0. The monoisotopic (exact) mass is 249 g/mol. The maximum atomic E-state index is 10.6. The summed E-state index contributed by atoms with van der Waals surface area (Å²) in [6.07, 6.45) is 1.51. The minimum absolute atomic E-state index is 0.0364. The summed E-state index contributed by atoms with van der Waals surface area (Å²) in [6.45, 7) is 4.08. The van der Waals surface area contributed by atoms with E-state index in [9.17, 15) is 5.11 Å². The molecule has 1 aromatic rings. The van der Waals surface area contributed by atoms with E-state index in [-0.39, 0.29) is 12.0 Å². The Balaban J connectivity index is 2.14. The number of aliphatic hydroxyl groups is 1. The molecule has 2 atom stereocenters. The van der Waals surface area contributed by atoms with Crippen molar-refractivity contribution in [2.24, 2.45) is 11.7 Å². The summed E-state index contributed by atoms with van der Waals surface area (Å²) in [4.78, 5) is 0. The maximum Gasteiger partial charge on any atom is 0.0650 e. The first-order valence-electron chi connectivity index (χ1n) is 6.75. The molecule has 1 fully saturated rings. The molecule has 2 rings (SSSR count). The lowest BCUT2D eigenvalue weighted by atomic mass is 9.81. The third kappa shape index (κ3) is 2.91. The maximum absolute atomic E-state index is 10.6. The number of nitrogens with two attached hydrogens (primary N) is 1.